The van der Waals surface area contributed by atoms with Crippen LogP contribution in [0.2, 0.25) is 0 Å². The minimum absolute atomic E-state index is 0.0374. The van der Waals surface area contributed by atoms with Crippen molar-refractivity contribution in [3.63, 3.8) is 0 Å². The normalized spacial score (nSPS) is 20.6. The minimum atomic E-state index is -4.40. The first-order valence-electron chi connectivity index (χ1n) is 10.8. The zero-order valence-corrected chi connectivity index (χ0v) is 18.3. The van der Waals surface area contributed by atoms with Gasteiger partial charge in [0, 0.05) is 26.1 Å². The van der Waals surface area contributed by atoms with Gasteiger partial charge in [-0.3, -0.25) is 9.59 Å². The van der Waals surface area contributed by atoms with Crippen LogP contribution in [0.3, 0.4) is 0 Å². The topological polar surface area (TPSA) is 87.7 Å². The number of hydrogen-bond donors (Lipinski definition) is 1. The Hall–Kier alpha value is -3.47. The molecule has 1 aromatic carbocycles. The fourth-order valence-corrected chi connectivity index (χ4v) is 4.01. The number of amides is 2. The molecular formula is C23H24F3N5O3. The van der Waals surface area contributed by atoms with Crippen LogP contribution in [0.25, 0.3) is 0 Å². The van der Waals surface area contributed by atoms with E-state index in [4.69, 9.17) is 4.74 Å². The molecule has 34 heavy (non-hydrogen) atoms. The van der Waals surface area contributed by atoms with Crippen LogP contribution in [-0.2, 0) is 27.1 Å². The molecule has 2 aromatic rings. The molecule has 2 aliphatic heterocycles. The molecule has 3 heterocycles. The first-order chi connectivity index (χ1) is 16.2. The molecule has 1 aromatic heterocycles. The van der Waals surface area contributed by atoms with Gasteiger partial charge in [0.15, 0.2) is 0 Å². The lowest BCUT2D eigenvalue weighted by Crippen LogP contribution is -2.35. The van der Waals surface area contributed by atoms with Gasteiger partial charge in [0.2, 0.25) is 17.8 Å². The zero-order valence-electron chi connectivity index (χ0n) is 18.3. The Morgan fingerprint density at radius 1 is 1.21 bits per heavy atom. The van der Waals surface area contributed by atoms with E-state index in [2.05, 4.69) is 21.9 Å². The van der Waals surface area contributed by atoms with Crippen molar-refractivity contribution in [1.29, 1.82) is 0 Å². The van der Waals surface area contributed by atoms with Crippen LogP contribution in [0.4, 0.5) is 24.8 Å². The molecule has 11 heteroatoms. The number of ether oxygens (including phenoxy) is 1. The van der Waals surface area contributed by atoms with Crippen molar-refractivity contribution in [2.75, 3.05) is 29.9 Å². The summed E-state index contributed by atoms with van der Waals surface area (Å²) in [4.78, 5) is 35.8. The van der Waals surface area contributed by atoms with E-state index in [1.807, 2.05) is 0 Å². The number of rotatable bonds is 7. The number of carbonyl (C=O) groups excluding carboxylic acids is 2. The molecule has 0 aliphatic carbocycles. The molecule has 0 bridgehead atoms. The Morgan fingerprint density at radius 3 is 2.50 bits per heavy atom. The Kier molecular flexibility index (Phi) is 6.82. The van der Waals surface area contributed by atoms with Crippen LogP contribution in [0.5, 0.6) is 0 Å². The number of likely N-dealkylation sites (tertiary alicyclic amines) is 1. The van der Waals surface area contributed by atoms with Gasteiger partial charge in [-0.05, 0) is 30.2 Å². The lowest BCUT2D eigenvalue weighted by molar-refractivity contribution is -0.137. The average molecular weight is 475 g/mol. The summed E-state index contributed by atoms with van der Waals surface area (Å²) < 4.78 is 44.3. The highest BCUT2D eigenvalue weighted by molar-refractivity contribution is 5.95. The number of nitrogens with zero attached hydrogens (tertiary/aromatic N) is 4. The van der Waals surface area contributed by atoms with Crippen molar-refractivity contribution in [2.45, 2.75) is 37.8 Å². The molecule has 1 N–H and O–H groups in total. The van der Waals surface area contributed by atoms with E-state index in [0.29, 0.717) is 36.7 Å². The molecule has 2 unspecified atom stereocenters. The SMILES string of the molecule is C=CC(=O)N1CC(Nc2ncc(N3CCCC3=O)cn2)C(OCc2ccc(C(F)(F)F)cc2)C1. The third-order valence-corrected chi connectivity index (χ3v) is 5.84. The number of carbonyl (C=O) groups is 2. The average Bonchev–Trinajstić information content (AvgIpc) is 3.43. The van der Waals surface area contributed by atoms with Gasteiger partial charge in [-0.15, -0.1) is 0 Å². The molecule has 2 atom stereocenters. The van der Waals surface area contributed by atoms with Crippen LogP contribution < -0.4 is 10.2 Å². The highest BCUT2D eigenvalue weighted by atomic mass is 19.4. The summed E-state index contributed by atoms with van der Waals surface area (Å²) in [5, 5.41) is 3.17. The van der Waals surface area contributed by atoms with Crippen molar-refractivity contribution in [1.82, 2.24) is 14.9 Å². The number of nitrogens with one attached hydrogen (secondary N) is 1. The summed E-state index contributed by atoms with van der Waals surface area (Å²) in [7, 11) is 0. The Balaban J connectivity index is 1.42. The Labute approximate surface area is 194 Å². The van der Waals surface area contributed by atoms with Gasteiger partial charge in [0.05, 0.1) is 42.4 Å². The summed E-state index contributed by atoms with van der Waals surface area (Å²) in [6.45, 7) is 4.82. The van der Waals surface area contributed by atoms with Crippen molar-refractivity contribution in [3.8, 4) is 0 Å². The smallest absolute Gasteiger partial charge is 0.369 e. The van der Waals surface area contributed by atoms with E-state index in [-0.39, 0.29) is 31.0 Å². The molecule has 0 saturated carbocycles. The predicted octanol–water partition coefficient (Wildman–Crippen LogP) is 3.02. The Bertz CT molecular complexity index is 1040. The van der Waals surface area contributed by atoms with Crippen LogP contribution >= 0.6 is 0 Å². The maximum Gasteiger partial charge on any atom is 0.416 e. The minimum Gasteiger partial charge on any atom is -0.369 e. The highest BCUT2D eigenvalue weighted by Gasteiger charge is 2.36. The predicted molar refractivity (Wildman–Crippen MR) is 118 cm³/mol. The van der Waals surface area contributed by atoms with Gasteiger partial charge in [0.1, 0.15) is 0 Å². The molecule has 4 rings (SSSR count). The summed E-state index contributed by atoms with van der Waals surface area (Å²) in [5.74, 6) is 0.100. The summed E-state index contributed by atoms with van der Waals surface area (Å²) in [6.07, 6.45) is 0.807. The number of aromatic nitrogens is 2. The number of hydrogen-bond acceptors (Lipinski definition) is 6. The highest BCUT2D eigenvalue weighted by Crippen LogP contribution is 2.29. The molecule has 0 radical (unpaired) electrons. The maximum atomic E-state index is 12.8. The molecule has 2 fully saturated rings. The lowest BCUT2D eigenvalue weighted by Gasteiger charge is -2.21. The van der Waals surface area contributed by atoms with Crippen LogP contribution in [0, 0.1) is 0 Å². The Morgan fingerprint density at radius 2 is 1.91 bits per heavy atom. The van der Waals surface area contributed by atoms with E-state index >= 15 is 0 Å². The molecular weight excluding hydrogens is 451 g/mol. The van der Waals surface area contributed by atoms with E-state index in [0.717, 1.165) is 18.6 Å². The maximum absolute atomic E-state index is 12.8. The van der Waals surface area contributed by atoms with E-state index in [1.165, 1.54) is 18.2 Å². The van der Waals surface area contributed by atoms with Crippen LogP contribution in [0.1, 0.15) is 24.0 Å². The summed E-state index contributed by atoms with van der Waals surface area (Å²) >= 11 is 0. The number of alkyl halides is 3. The molecule has 2 saturated heterocycles. The van der Waals surface area contributed by atoms with Gasteiger partial charge in [-0.25, -0.2) is 9.97 Å². The van der Waals surface area contributed by atoms with E-state index in [1.54, 1.807) is 22.2 Å². The molecule has 8 nitrogen and oxygen atoms in total. The third kappa shape index (κ3) is 5.36. The first-order valence-corrected chi connectivity index (χ1v) is 10.8. The summed E-state index contributed by atoms with van der Waals surface area (Å²) in [5.41, 5.74) is 0.477. The quantitative estimate of drug-likeness (QED) is 0.620. The second-order valence-corrected chi connectivity index (χ2v) is 8.16. The van der Waals surface area contributed by atoms with Crippen LogP contribution in [0.15, 0.2) is 49.3 Å². The second kappa shape index (κ2) is 9.80. The zero-order chi connectivity index (χ0) is 24.3. The van der Waals surface area contributed by atoms with Gasteiger partial charge < -0.3 is 19.9 Å². The van der Waals surface area contributed by atoms with Crippen LogP contribution in [-0.4, -0.2) is 58.5 Å². The number of benzene rings is 1. The van der Waals surface area contributed by atoms with Gasteiger partial charge in [-0.1, -0.05) is 18.7 Å². The standard InChI is InChI=1S/C23H24F3N5O3/c1-2-20(32)30-12-18(29-22-27-10-17(11-28-22)31-9-3-4-21(31)33)19(13-30)34-14-15-5-7-16(8-6-15)23(24,25)26/h2,5-8,10-11,18-19H,1,3-4,9,12-14H2,(H,27,28,29). The van der Waals surface area contributed by atoms with E-state index in [9.17, 15) is 22.8 Å². The third-order valence-electron chi connectivity index (χ3n) is 5.84. The molecule has 0 spiro atoms. The monoisotopic (exact) mass is 475 g/mol. The number of anilines is 2. The fraction of sp³-hybridized carbons (Fsp3) is 0.391. The summed E-state index contributed by atoms with van der Waals surface area (Å²) in [6, 6.07) is 4.41. The van der Waals surface area contributed by atoms with Crippen molar-refractivity contribution < 1.29 is 27.5 Å². The van der Waals surface area contributed by atoms with Gasteiger partial charge >= 0.3 is 6.18 Å². The first kappa shape index (κ1) is 23.7. The van der Waals surface area contributed by atoms with Crippen molar-refractivity contribution in [3.05, 3.63) is 60.4 Å². The van der Waals surface area contributed by atoms with Gasteiger partial charge in [0.25, 0.3) is 0 Å². The lowest BCUT2D eigenvalue weighted by atomic mass is 10.1. The van der Waals surface area contributed by atoms with Crippen molar-refractivity contribution in [2.24, 2.45) is 0 Å². The van der Waals surface area contributed by atoms with Crippen molar-refractivity contribution >= 4 is 23.5 Å². The molecule has 2 amide bonds. The largest absolute Gasteiger partial charge is 0.416 e. The fourth-order valence-electron chi connectivity index (χ4n) is 4.01. The van der Waals surface area contributed by atoms with Gasteiger partial charge in [-0.2, -0.15) is 13.2 Å². The second-order valence-electron chi connectivity index (χ2n) is 8.16. The molecule has 180 valence electrons. The van der Waals surface area contributed by atoms with E-state index < -0.39 is 17.8 Å². The molecule has 2 aliphatic rings. The number of halogens is 3.